The fourth-order valence-electron chi connectivity index (χ4n) is 1.12. The minimum Gasteiger partial charge on any atom is -0.493 e. The van der Waals surface area contributed by atoms with Gasteiger partial charge in [-0.1, -0.05) is 5.16 Å². The molecular weight excluding hydrogens is 226 g/mol. The van der Waals surface area contributed by atoms with Gasteiger partial charge >= 0.3 is 5.97 Å². The summed E-state index contributed by atoms with van der Waals surface area (Å²) in [5.74, 6) is 0.0975. The molecule has 0 radical (unpaired) electrons. The highest BCUT2D eigenvalue weighted by Gasteiger charge is 2.03. The summed E-state index contributed by atoms with van der Waals surface area (Å²) in [6.07, 6.45) is 1.39. The standard InChI is InChI=1S/C11H13NO5/c1-15-9-4-3-8(5-10(9)16-2)6-12-17-7-11(13)14/h3-6H,7H2,1-2H3,(H,13,14). The summed E-state index contributed by atoms with van der Waals surface area (Å²) in [5, 5.41) is 11.8. The van der Waals surface area contributed by atoms with E-state index in [0.29, 0.717) is 17.1 Å². The van der Waals surface area contributed by atoms with Crippen molar-refractivity contribution in [3.05, 3.63) is 23.8 Å². The van der Waals surface area contributed by atoms with Crippen LogP contribution in [0, 0.1) is 0 Å². The van der Waals surface area contributed by atoms with Gasteiger partial charge in [0.25, 0.3) is 0 Å². The molecule has 0 unspecified atom stereocenters. The fraction of sp³-hybridized carbons (Fsp3) is 0.273. The number of hydrogen-bond donors (Lipinski definition) is 1. The highest BCUT2D eigenvalue weighted by molar-refractivity contribution is 5.80. The molecular formula is C11H13NO5. The lowest BCUT2D eigenvalue weighted by atomic mass is 10.2. The quantitative estimate of drug-likeness (QED) is 0.595. The molecule has 1 N–H and O–H groups in total. The van der Waals surface area contributed by atoms with Crippen molar-refractivity contribution in [1.29, 1.82) is 0 Å². The lowest BCUT2D eigenvalue weighted by Crippen LogP contribution is -2.03. The molecule has 6 heteroatoms. The molecule has 1 aromatic carbocycles. The summed E-state index contributed by atoms with van der Waals surface area (Å²) in [5.41, 5.74) is 0.716. The van der Waals surface area contributed by atoms with Gasteiger partial charge in [-0.3, -0.25) is 0 Å². The minimum atomic E-state index is -1.07. The average molecular weight is 239 g/mol. The lowest BCUT2D eigenvalue weighted by Gasteiger charge is -2.07. The fourth-order valence-corrected chi connectivity index (χ4v) is 1.12. The summed E-state index contributed by atoms with van der Waals surface area (Å²) in [6.45, 7) is -0.468. The van der Waals surface area contributed by atoms with Crippen molar-refractivity contribution in [3.8, 4) is 11.5 Å². The van der Waals surface area contributed by atoms with Crippen molar-refractivity contribution in [2.45, 2.75) is 0 Å². The number of carboxylic acid groups (broad SMARTS) is 1. The van der Waals surface area contributed by atoms with E-state index < -0.39 is 12.6 Å². The van der Waals surface area contributed by atoms with Crippen LogP contribution in [0.5, 0.6) is 11.5 Å². The maximum absolute atomic E-state index is 10.2. The third kappa shape index (κ3) is 4.02. The molecule has 0 bridgehead atoms. The number of oxime groups is 1. The van der Waals surface area contributed by atoms with Crippen LogP contribution in [0.3, 0.4) is 0 Å². The Morgan fingerprint density at radius 3 is 2.65 bits per heavy atom. The first-order valence-electron chi connectivity index (χ1n) is 4.76. The second kappa shape index (κ2) is 6.37. The van der Waals surface area contributed by atoms with E-state index in [2.05, 4.69) is 9.99 Å². The largest absolute Gasteiger partial charge is 0.493 e. The first-order chi connectivity index (χ1) is 8.17. The van der Waals surface area contributed by atoms with Gasteiger partial charge in [0, 0.05) is 5.56 Å². The Kier molecular flexibility index (Phi) is 4.80. The molecule has 0 amide bonds. The van der Waals surface area contributed by atoms with Crippen molar-refractivity contribution < 1.29 is 24.2 Å². The van der Waals surface area contributed by atoms with E-state index in [9.17, 15) is 4.79 Å². The second-order valence-electron chi connectivity index (χ2n) is 3.02. The van der Waals surface area contributed by atoms with Gasteiger partial charge in [0.1, 0.15) is 0 Å². The molecule has 1 aromatic rings. The molecule has 17 heavy (non-hydrogen) atoms. The Balaban J connectivity index is 2.68. The van der Waals surface area contributed by atoms with Crippen LogP contribution in [0.15, 0.2) is 23.4 Å². The van der Waals surface area contributed by atoms with E-state index in [4.69, 9.17) is 14.6 Å². The van der Waals surface area contributed by atoms with Crippen LogP contribution < -0.4 is 9.47 Å². The Morgan fingerprint density at radius 2 is 2.06 bits per heavy atom. The van der Waals surface area contributed by atoms with Gasteiger partial charge in [-0.15, -0.1) is 0 Å². The van der Waals surface area contributed by atoms with E-state index in [1.807, 2.05) is 0 Å². The summed E-state index contributed by atoms with van der Waals surface area (Å²) < 4.78 is 10.2. The van der Waals surface area contributed by atoms with Gasteiger partial charge in [0.15, 0.2) is 11.5 Å². The van der Waals surface area contributed by atoms with E-state index in [1.165, 1.54) is 13.3 Å². The number of ether oxygens (including phenoxy) is 2. The molecule has 0 aliphatic carbocycles. The van der Waals surface area contributed by atoms with Crippen molar-refractivity contribution >= 4 is 12.2 Å². The van der Waals surface area contributed by atoms with Gasteiger partial charge < -0.3 is 19.4 Å². The average Bonchev–Trinajstić information content (AvgIpc) is 2.34. The number of carboxylic acids is 1. The van der Waals surface area contributed by atoms with Gasteiger partial charge in [0.2, 0.25) is 6.61 Å². The van der Waals surface area contributed by atoms with Crippen LogP contribution in [0.1, 0.15) is 5.56 Å². The molecule has 92 valence electrons. The number of hydrogen-bond acceptors (Lipinski definition) is 5. The summed E-state index contributed by atoms with van der Waals surface area (Å²) in [6, 6.07) is 5.17. The zero-order chi connectivity index (χ0) is 12.7. The molecule has 0 saturated heterocycles. The van der Waals surface area contributed by atoms with Crippen molar-refractivity contribution in [1.82, 2.24) is 0 Å². The molecule has 1 rings (SSSR count). The predicted molar refractivity (Wildman–Crippen MR) is 60.7 cm³/mol. The monoisotopic (exact) mass is 239 g/mol. The molecule has 0 aliphatic heterocycles. The lowest BCUT2D eigenvalue weighted by molar-refractivity contribution is -0.142. The molecule has 6 nitrogen and oxygen atoms in total. The maximum Gasteiger partial charge on any atom is 0.344 e. The van der Waals surface area contributed by atoms with Gasteiger partial charge in [-0.2, -0.15) is 0 Å². The smallest absolute Gasteiger partial charge is 0.344 e. The summed E-state index contributed by atoms with van der Waals surface area (Å²) >= 11 is 0. The minimum absolute atomic E-state index is 0.468. The Bertz CT molecular complexity index is 416. The van der Waals surface area contributed by atoms with E-state index in [0.717, 1.165) is 0 Å². The Labute approximate surface area is 98.4 Å². The number of methoxy groups -OCH3 is 2. The van der Waals surface area contributed by atoms with Gasteiger partial charge in [-0.05, 0) is 18.2 Å². The summed E-state index contributed by atoms with van der Waals surface area (Å²) in [4.78, 5) is 14.7. The molecule has 0 atom stereocenters. The van der Waals surface area contributed by atoms with Crippen molar-refractivity contribution in [2.24, 2.45) is 5.16 Å². The highest BCUT2D eigenvalue weighted by Crippen LogP contribution is 2.26. The topological polar surface area (TPSA) is 77.4 Å². The molecule has 0 spiro atoms. The SMILES string of the molecule is COc1ccc(C=NOCC(=O)O)cc1OC. The van der Waals surface area contributed by atoms with E-state index in [-0.39, 0.29) is 0 Å². The number of nitrogens with zero attached hydrogens (tertiary/aromatic N) is 1. The van der Waals surface area contributed by atoms with Gasteiger partial charge in [-0.25, -0.2) is 4.79 Å². The second-order valence-corrected chi connectivity index (χ2v) is 3.02. The number of rotatable bonds is 6. The maximum atomic E-state index is 10.2. The third-order valence-corrected chi connectivity index (χ3v) is 1.87. The van der Waals surface area contributed by atoms with Gasteiger partial charge in [0.05, 0.1) is 20.4 Å². The predicted octanol–water partition coefficient (Wildman–Crippen LogP) is 1.14. The molecule has 0 saturated carbocycles. The normalized spacial score (nSPS) is 10.2. The van der Waals surface area contributed by atoms with Crippen molar-refractivity contribution in [3.63, 3.8) is 0 Å². The molecule has 0 heterocycles. The van der Waals surface area contributed by atoms with Crippen LogP contribution in [0.2, 0.25) is 0 Å². The highest BCUT2D eigenvalue weighted by atomic mass is 16.6. The van der Waals surface area contributed by atoms with E-state index in [1.54, 1.807) is 25.3 Å². The first kappa shape index (κ1) is 12.8. The number of carbonyl (C=O) groups is 1. The Hall–Kier alpha value is -2.24. The van der Waals surface area contributed by atoms with Crippen LogP contribution in [-0.4, -0.2) is 38.1 Å². The van der Waals surface area contributed by atoms with Crippen molar-refractivity contribution in [2.75, 3.05) is 20.8 Å². The van der Waals surface area contributed by atoms with Crippen LogP contribution in [0.4, 0.5) is 0 Å². The zero-order valence-corrected chi connectivity index (χ0v) is 9.54. The third-order valence-electron chi connectivity index (χ3n) is 1.87. The zero-order valence-electron chi connectivity index (χ0n) is 9.54. The molecule has 0 aromatic heterocycles. The summed E-state index contributed by atoms with van der Waals surface area (Å²) in [7, 11) is 3.07. The Morgan fingerprint density at radius 1 is 1.35 bits per heavy atom. The van der Waals surface area contributed by atoms with Crippen LogP contribution in [-0.2, 0) is 9.63 Å². The molecule has 0 aliphatic rings. The van der Waals surface area contributed by atoms with Crippen LogP contribution in [0.25, 0.3) is 0 Å². The van der Waals surface area contributed by atoms with Crippen LogP contribution >= 0.6 is 0 Å². The first-order valence-corrected chi connectivity index (χ1v) is 4.76. The van der Waals surface area contributed by atoms with E-state index >= 15 is 0 Å². The number of benzene rings is 1. The number of aliphatic carboxylic acids is 1. The molecule has 0 fully saturated rings.